The average Bonchev–Trinajstić information content (AvgIpc) is 3.28. The van der Waals surface area contributed by atoms with Gasteiger partial charge in [-0.05, 0) is 42.7 Å². The minimum Gasteiger partial charge on any atom is -0.210 e. The fourth-order valence-electron chi connectivity index (χ4n) is 2.44. The second kappa shape index (κ2) is 5.24. The van der Waals surface area contributed by atoms with Crippen LogP contribution in [0.4, 0.5) is 4.39 Å². The quantitative estimate of drug-likeness (QED) is 0.923. The molecule has 0 aromatic heterocycles. The molecule has 0 unspecified atom stereocenters. The van der Waals surface area contributed by atoms with Gasteiger partial charge in [0.25, 0.3) is 0 Å². The third kappa shape index (κ3) is 2.99. The number of sulfonamides is 1. The Kier molecular flexibility index (Phi) is 3.55. The van der Waals surface area contributed by atoms with Crippen LogP contribution >= 0.6 is 0 Å². The fraction of sp³-hybridized carbons (Fsp3) is 0.250. The van der Waals surface area contributed by atoms with E-state index in [0.717, 1.165) is 18.4 Å². The van der Waals surface area contributed by atoms with E-state index in [1.165, 1.54) is 12.1 Å². The van der Waals surface area contributed by atoms with Crippen molar-refractivity contribution in [1.29, 1.82) is 0 Å². The van der Waals surface area contributed by atoms with E-state index in [9.17, 15) is 12.8 Å². The topological polar surface area (TPSA) is 46.2 Å². The third-order valence-electron chi connectivity index (χ3n) is 3.96. The van der Waals surface area contributed by atoms with Crippen LogP contribution in [-0.4, -0.2) is 15.0 Å². The summed E-state index contributed by atoms with van der Waals surface area (Å²) >= 11 is 0. The molecule has 0 spiro atoms. The van der Waals surface area contributed by atoms with Crippen LogP contribution in [0.15, 0.2) is 59.5 Å². The second-order valence-electron chi connectivity index (χ2n) is 5.42. The van der Waals surface area contributed by atoms with Crippen LogP contribution in [0.1, 0.15) is 18.4 Å². The molecule has 1 aliphatic rings. The smallest absolute Gasteiger partial charge is 0.210 e. The van der Waals surface area contributed by atoms with Crippen LogP contribution in [-0.2, 0) is 15.4 Å². The Bertz CT molecular complexity index is 723. The summed E-state index contributed by atoms with van der Waals surface area (Å²) in [5.74, 6) is -0.278. The summed E-state index contributed by atoms with van der Waals surface area (Å²) in [7, 11) is -3.49. The van der Waals surface area contributed by atoms with E-state index in [4.69, 9.17) is 0 Å². The van der Waals surface area contributed by atoms with Crippen molar-refractivity contribution in [3.63, 3.8) is 0 Å². The molecule has 1 saturated carbocycles. The molecule has 21 heavy (non-hydrogen) atoms. The van der Waals surface area contributed by atoms with Crippen LogP contribution in [0.2, 0.25) is 0 Å². The van der Waals surface area contributed by atoms with Gasteiger partial charge >= 0.3 is 0 Å². The number of hydrogen-bond donors (Lipinski definition) is 1. The van der Waals surface area contributed by atoms with E-state index in [0.29, 0.717) is 6.54 Å². The van der Waals surface area contributed by atoms with Gasteiger partial charge in [0.05, 0.1) is 4.90 Å². The van der Waals surface area contributed by atoms with Gasteiger partial charge in [0.15, 0.2) is 0 Å². The number of hydrogen-bond acceptors (Lipinski definition) is 2. The Morgan fingerprint density at radius 1 is 1.00 bits per heavy atom. The Morgan fingerprint density at radius 2 is 1.62 bits per heavy atom. The van der Waals surface area contributed by atoms with Crippen molar-refractivity contribution in [3.8, 4) is 0 Å². The molecule has 3 rings (SSSR count). The second-order valence-corrected chi connectivity index (χ2v) is 7.19. The van der Waals surface area contributed by atoms with E-state index >= 15 is 0 Å². The van der Waals surface area contributed by atoms with E-state index < -0.39 is 10.0 Å². The Balaban J connectivity index is 1.74. The molecule has 1 aliphatic carbocycles. The van der Waals surface area contributed by atoms with E-state index in [1.807, 2.05) is 0 Å². The van der Waals surface area contributed by atoms with Crippen LogP contribution in [0, 0.1) is 5.82 Å². The summed E-state index contributed by atoms with van der Waals surface area (Å²) in [6.07, 6.45) is 1.83. The van der Waals surface area contributed by atoms with Crippen molar-refractivity contribution < 1.29 is 12.8 Å². The Hall–Kier alpha value is -1.72. The van der Waals surface area contributed by atoms with Gasteiger partial charge in [-0.25, -0.2) is 17.5 Å². The number of benzene rings is 2. The predicted molar refractivity (Wildman–Crippen MR) is 78.9 cm³/mol. The molecule has 0 heterocycles. The maximum Gasteiger partial charge on any atom is 0.240 e. The zero-order chi connectivity index (χ0) is 14.9. The lowest BCUT2D eigenvalue weighted by Gasteiger charge is -2.16. The van der Waals surface area contributed by atoms with Crippen LogP contribution < -0.4 is 4.72 Å². The summed E-state index contributed by atoms with van der Waals surface area (Å²) < 4.78 is 40.1. The maximum absolute atomic E-state index is 13.0. The highest BCUT2D eigenvalue weighted by Gasteiger charge is 2.44. The normalized spacial score (nSPS) is 16.6. The van der Waals surface area contributed by atoms with Crippen molar-refractivity contribution in [2.24, 2.45) is 0 Å². The first kappa shape index (κ1) is 14.2. The highest BCUT2D eigenvalue weighted by molar-refractivity contribution is 7.89. The summed E-state index contributed by atoms with van der Waals surface area (Å²) in [6, 6.07) is 14.6. The molecule has 5 heteroatoms. The lowest BCUT2D eigenvalue weighted by molar-refractivity contribution is 0.566. The molecule has 3 nitrogen and oxygen atoms in total. The molecule has 0 saturated heterocycles. The van der Waals surface area contributed by atoms with E-state index in [1.54, 1.807) is 42.5 Å². The molecule has 0 radical (unpaired) electrons. The van der Waals surface area contributed by atoms with Gasteiger partial charge in [0.1, 0.15) is 5.82 Å². The molecule has 1 N–H and O–H groups in total. The molecular formula is C16H16FNO2S. The monoisotopic (exact) mass is 305 g/mol. The van der Waals surface area contributed by atoms with Crippen molar-refractivity contribution in [3.05, 3.63) is 66.0 Å². The molecule has 2 aromatic carbocycles. The first-order valence-corrected chi connectivity index (χ1v) is 8.31. The molecule has 0 amide bonds. The Morgan fingerprint density at radius 3 is 2.19 bits per heavy atom. The molecule has 0 atom stereocenters. The lowest BCUT2D eigenvalue weighted by Crippen LogP contribution is -2.32. The van der Waals surface area contributed by atoms with Gasteiger partial charge in [0, 0.05) is 12.0 Å². The van der Waals surface area contributed by atoms with Gasteiger partial charge in [-0.1, -0.05) is 30.3 Å². The molecule has 110 valence electrons. The third-order valence-corrected chi connectivity index (χ3v) is 5.38. The van der Waals surface area contributed by atoms with Crippen LogP contribution in [0.25, 0.3) is 0 Å². The molecular weight excluding hydrogens is 289 g/mol. The maximum atomic E-state index is 13.0. The van der Waals surface area contributed by atoms with Crippen LogP contribution in [0.5, 0.6) is 0 Å². The van der Waals surface area contributed by atoms with Crippen molar-refractivity contribution in [1.82, 2.24) is 4.72 Å². The van der Waals surface area contributed by atoms with Crippen molar-refractivity contribution in [2.75, 3.05) is 6.54 Å². The number of halogens is 1. The van der Waals surface area contributed by atoms with E-state index in [-0.39, 0.29) is 16.1 Å². The first-order valence-electron chi connectivity index (χ1n) is 6.83. The van der Waals surface area contributed by atoms with Gasteiger partial charge in [-0.3, -0.25) is 0 Å². The van der Waals surface area contributed by atoms with Gasteiger partial charge in [-0.15, -0.1) is 0 Å². The first-order chi connectivity index (χ1) is 10.0. The minimum atomic E-state index is -3.49. The lowest BCUT2D eigenvalue weighted by atomic mass is 9.96. The number of rotatable bonds is 5. The SMILES string of the molecule is O=S(=O)(NCC1(c2ccc(F)cc2)CC1)c1ccccc1. The minimum absolute atomic E-state index is 0.185. The van der Waals surface area contributed by atoms with Gasteiger partial charge in [0.2, 0.25) is 10.0 Å². The summed E-state index contributed by atoms with van der Waals surface area (Å²) in [5.41, 5.74) is 0.801. The summed E-state index contributed by atoms with van der Waals surface area (Å²) in [6.45, 7) is 0.343. The summed E-state index contributed by atoms with van der Waals surface area (Å²) in [5, 5.41) is 0. The predicted octanol–water partition coefficient (Wildman–Crippen LogP) is 2.84. The van der Waals surface area contributed by atoms with Gasteiger partial charge in [-0.2, -0.15) is 0 Å². The zero-order valence-corrected chi connectivity index (χ0v) is 12.2. The van der Waals surface area contributed by atoms with E-state index in [2.05, 4.69) is 4.72 Å². The van der Waals surface area contributed by atoms with Crippen molar-refractivity contribution >= 4 is 10.0 Å². The Labute approximate surface area is 123 Å². The highest BCUT2D eigenvalue weighted by Crippen LogP contribution is 2.47. The van der Waals surface area contributed by atoms with Crippen LogP contribution in [0.3, 0.4) is 0 Å². The van der Waals surface area contributed by atoms with Crippen molar-refractivity contribution in [2.45, 2.75) is 23.2 Å². The zero-order valence-electron chi connectivity index (χ0n) is 11.4. The standard InChI is InChI=1S/C16H16FNO2S/c17-14-8-6-13(7-9-14)16(10-11-16)12-18-21(19,20)15-4-2-1-3-5-15/h1-9,18H,10-12H2. The molecule has 0 bridgehead atoms. The van der Waals surface area contributed by atoms with Gasteiger partial charge < -0.3 is 0 Å². The molecule has 1 fully saturated rings. The highest BCUT2D eigenvalue weighted by atomic mass is 32.2. The summed E-state index contributed by atoms with van der Waals surface area (Å²) in [4.78, 5) is 0.264. The molecule has 0 aliphatic heterocycles. The average molecular weight is 305 g/mol. The number of nitrogens with one attached hydrogen (secondary N) is 1. The molecule has 2 aromatic rings. The fourth-order valence-corrected chi connectivity index (χ4v) is 3.59. The largest absolute Gasteiger partial charge is 0.240 e.